The highest BCUT2D eigenvalue weighted by Gasteiger charge is 2.67. The number of hydrogen-bond donors (Lipinski definition) is 1. The lowest BCUT2D eigenvalue weighted by Gasteiger charge is -2.22. The molecule has 1 aromatic carbocycles. The van der Waals surface area contributed by atoms with E-state index in [-0.39, 0.29) is 11.9 Å². The number of benzene rings is 1. The molecule has 3 heteroatoms. The Morgan fingerprint density at radius 3 is 2.89 bits per heavy atom. The summed E-state index contributed by atoms with van der Waals surface area (Å²) >= 11 is 0. The molecule has 0 saturated carbocycles. The van der Waals surface area contributed by atoms with Crippen molar-refractivity contribution < 1.29 is 14.6 Å². The summed E-state index contributed by atoms with van der Waals surface area (Å²) in [5.41, 5.74) is 1.63. The van der Waals surface area contributed by atoms with Gasteiger partial charge in [0.05, 0.1) is 0 Å². The summed E-state index contributed by atoms with van der Waals surface area (Å²) in [6.45, 7) is 3.98. The first-order valence-corrected chi connectivity index (χ1v) is 6.19. The molecule has 0 unspecified atom stereocenters. The number of aliphatic hydroxyl groups is 1. The highest BCUT2D eigenvalue weighted by molar-refractivity contribution is 6.07. The average Bonchev–Trinajstić information content (AvgIpc) is 3.10. The van der Waals surface area contributed by atoms with Crippen molar-refractivity contribution in [1.82, 2.24) is 0 Å². The van der Waals surface area contributed by atoms with Crippen LogP contribution in [0.3, 0.4) is 0 Å². The zero-order valence-corrected chi connectivity index (χ0v) is 10.5. The van der Waals surface area contributed by atoms with Crippen LogP contribution in [0.25, 0.3) is 0 Å². The molecule has 2 aliphatic rings. The minimum atomic E-state index is -0.814. The van der Waals surface area contributed by atoms with E-state index in [4.69, 9.17) is 4.74 Å². The Hall–Kier alpha value is -1.45. The third kappa shape index (κ3) is 1.48. The molecule has 1 N–H and O–H groups in total. The number of carbonyl (C=O) groups is 1. The van der Waals surface area contributed by atoms with Crippen molar-refractivity contribution in [2.45, 2.75) is 38.1 Å². The standard InChI is InChI=1S/C15H16O3/c1-9(2)7-8-15-13(17)11-6-4-3-5-10(11)12(16)14(15)18-15/h3-7,12,14,16H,8H2,1-2H3/t12-,14-,15+/m0/s1. The van der Waals surface area contributed by atoms with Gasteiger partial charge in [0.1, 0.15) is 12.2 Å². The van der Waals surface area contributed by atoms with Gasteiger partial charge in [-0.2, -0.15) is 0 Å². The molecular formula is C15H16O3. The van der Waals surface area contributed by atoms with Gasteiger partial charge in [-0.15, -0.1) is 0 Å². The summed E-state index contributed by atoms with van der Waals surface area (Å²) < 4.78 is 5.58. The lowest BCUT2D eigenvalue weighted by atomic mass is 9.79. The van der Waals surface area contributed by atoms with E-state index in [9.17, 15) is 9.90 Å². The van der Waals surface area contributed by atoms with Crippen molar-refractivity contribution in [2.75, 3.05) is 0 Å². The third-order valence-corrected chi connectivity index (χ3v) is 3.75. The minimum Gasteiger partial charge on any atom is -0.386 e. The van der Waals surface area contributed by atoms with Gasteiger partial charge in [0.15, 0.2) is 11.4 Å². The van der Waals surface area contributed by atoms with Crippen LogP contribution in [0.15, 0.2) is 35.9 Å². The second kappa shape index (κ2) is 3.77. The molecule has 0 aromatic heterocycles. The van der Waals surface area contributed by atoms with E-state index in [0.29, 0.717) is 17.5 Å². The van der Waals surface area contributed by atoms with Gasteiger partial charge in [-0.25, -0.2) is 0 Å². The van der Waals surface area contributed by atoms with Gasteiger partial charge in [-0.1, -0.05) is 35.9 Å². The number of ether oxygens (including phenoxy) is 1. The van der Waals surface area contributed by atoms with Gasteiger partial charge in [0.25, 0.3) is 0 Å². The Morgan fingerprint density at radius 1 is 1.44 bits per heavy atom. The second-order valence-corrected chi connectivity index (χ2v) is 5.27. The molecule has 1 aliphatic heterocycles. The van der Waals surface area contributed by atoms with E-state index in [2.05, 4.69) is 0 Å². The summed E-state index contributed by atoms with van der Waals surface area (Å²) in [4.78, 5) is 12.5. The van der Waals surface area contributed by atoms with E-state index in [1.54, 1.807) is 12.1 Å². The number of Topliss-reactive ketones (excluding diaryl/α,β-unsaturated/α-hetero) is 1. The number of allylic oxidation sites excluding steroid dienone is 1. The van der Waals surface area contributed by atoms with Gasteiger partial charge < -0.3 is 9.84 Å². The first-order valence-electron chi connectivity index (χ1n) is 6.19. The number of aliphatic hydroxyl groups excluding tert-OH is 1. The maximum Gasteiger partial charge on any atom is 0.198 e. The first kappa shape index (κ1) is 11.6. The fourth-order valence-electron chi connectivity index (χ4n) is 2.66. The smallest absolute Gasteiger partial charge is 0.198 e. The van der Waals surface area contributed by atoms with Gasteiger partial charge in [-0.05, 0) is 19.4 Å². The molecule has 94 valence electrons. The summed E-state index contributed by atoms with van der Waals surface area (Å²) in [7, 11) is 0. The molecule has 3 rings (SSSR count). The Kier molecular flexibility index (Phi) is 2.44. The van der Waals surface area contributed by atoms with Crippen LogP contribution in [0, 0.1) is 0 Å². The number of epoxide rings is 1. The van der Waals surface area contributed by atoms with Crippen molar-refractivity contribution >= 4 is 5.78 Å². The molecular weight excluding hydrogens is 228 g/mol. The van der Waals surface area contributed by atoms with Crippen LogP contribution in [-0.2, 0) is 4.74 Å². The average molecular weight is 244 g/mol. The lowest BCUT2D eigenvalue weighted by molar-refractivity contribution is 0.0862. The lowest BCUT2D eigenvalue weighted by Crippen LogP contribution is -2.35. The number of carbonyl (C=O) groups excluding carboxylic acids is 1. The number of fused-ring (bicyclic) bond motifs is 2. The molecule has 0 radical (unpaired) electrons. The third-order valence-electron chi connectivity index (χ3n) is 3.75. The van der Waals surface area contributed by atoms with Gasteiger partial charge in [-0.3, -0.25) is 4.79 Å². The monoisotopic (exact) mass is 244 g/mol. The number of rotatable bonds is 2. The summed E-state index contributed by atoms with van der Waals surface area (Å²) in [6, 6.07) is 7.22. The SMILES string of the molecule is CC(C)=CC[C@]12O[C@H]1[C@@H](O)c1ccccc1C2=O. The minimum absolute atomic E-state index is 0.00546. The van der Waals surface area contributed by atoms with Crippen LogP contribution < -0.4 is 0 Å². The van der Waals surface area contributed by atoms with Crippen LogP contribution in [-0.4, -0.2) is 22.6 Å². The molecule has 18 heavy (non-hydrogen) atoms. The Morgan fingerprint density at radius 2 is 2.17 bits per heavy atom. The van der Waals surface area contributed by atoms with E-state index < -0.39 is 11.7 Å². The first-order chi connectivity index (χ1) is 8.56. The number of ketones is 1. The molecule has 0 spiro atoms. The zero-order valence-electron chi connectivity index (χ0n) is 10.5. The quantitative estimate of drug-likeness (QED) is 0.642. The second-order valence-electron chi connectivity index (χ2n) is 5.27. The topological polar surface area (TPSA) is 49.8 Å². The zero-order chi connectivity index (χ0) is 12.9. The largest absolute Gasteiger partial charge is 0.386 e. The maximum atomic E-state index is 12.5. The molecule has 1 heterocycles. The van der Waals surface area contributed by atoms with E-state index >= 15 is 0 Å². The molecule has 3 nitrogen and oxygen atoms in total. The molecule has 1 fully saturated rings. The van der Waals surface area contributed by atoms with E-state index in [0.717, 1.165) is 5.57 Å². The van der Waals surface area contributed by atoms with E-state index in [1.807, 2.05) is 32.1 Å². The molecule has 1 aliphatic carbocycles. The summed E-state index contributed by atoms with van der Waals surface area (Å²) in [5, 5.41) is 10.2. The highest BCUT2D eigenvalue weighted by Crippen LogP contribution is 2.53. The van der Waals surface area contributed by atoms with Gasteiger partial charge >= 0.3 is 0 Å². The number of hydrogen-bond acceptors (Lipinski definition) is 3. The Bertz CT molecular complexity index is 542. The van der Waals surface area contributed by atoms with Crippen LogP contribution in [0.5, 0.6) is 0 Å². The fraction of sp³-hybridized carbons (Fsp3) is 0.400. The normalized spacial score (nSPS) is 32.5. The molecule has 1 aromatic rings. The molecule has 1 saturated heterocycles. The Balaban J connectivity index is 2.00. The van der Waals surface area contributed by atoms with Crippen molar-refractivity contribution in [3.63, 3.8) is 0 Å². The maximum absolute atomic E-state index is 12.5. The van der Waals surface area contributed by atoms with E-state index in [1.165, 1.54) is 0 Å². The van der Waals surface area contributed by atoms with Crippen LogP contribution in [0.4, 0.5) is 0 Å². The molecule has 0 amide bonds. The Labute approximate surface area is 106 Å². The van der Waals surface area contributed by atoms with Crippen LogP contribution >= 0.6 is 0 Å². The van der Waals surface area contributed by atoms with Crippen molar-refractivity contribution in [2.24, 2.45) is 0 Å². The van der Waals surface area contributed by atoms with Crippen molar-refractivity contribution in [1.29, 1.82) is 0 Å². The predicted molar refractivity (Wildman–Crippen MR) is 67.4 cm³/mol. The van der Waals surface area contributed by atoms with Crippen LogP contribution in [0.2, 0.25) is 0 Å². The van der Waals surface area contributed by atoms with Gasteiger partial charge in [0.2, 0.25) is 0 Å². The molecule has 3 atom stereocenters. The molecule has 0 bridgehead atoms. The van der Waals surface area contributed by atoms with Crippen molar-refractivity contribution in [3.05, 3.63) is 47.0 Å². The fourth-order valence-corrected chi connectivity index (χ4v) is 2.66. The summed E-state index contributed by atoms with van der Waals surface area (Å²) in [6.07, 6.45) is 1.47. The van der Waals surface area contributed by atoms with Gasteiger partial charge in [0, 0.05) is 12.0 Å². The summed E-state index contributed by atoms with van der Waals surface area (Å²) in [5.74, 6) is 0.00546. The van der Waals surface area contributed by atoms with Crippen molar-refractivity contribution in [3.8, 4) is 0 Å². The van der Waals surface area contributed by atoms with Crippen LogP contribution in [0.1, 0.15) is 42.3 Å². The highest BCUT2D eigenvalue weighted by atomic mass is 16.6. The predicted octanol–water partition coefficient (Wildman–Crippen LogP) is 2.41.